The fourth-order valence-electron chi connectivity index (χ4n) is 1.82. The van der Waals surface area contributed by atoms with Crippen LogP contribution in [0.5, 0.6) is 0 Å². The van der Waals surface area contributed by atoms with Crippen LogP contribution in [-0.4, -0.2) is 48.0 Å². The van der Waals surface area contributed by atoms with E-state index in [1.807, 2.05) is 6.92 Å². The highest BCUT2D eigenvalue weighted by molar-refractivity contribution is 7.89. The van der Waals surface area contributed by atoms with Crippen LogP contribution in [0.4, 0.5) is 0 Å². The van der Waals surface area contributed by atoms with E-state index < -0.39 is 10.0 Å². The number of nitrogens with zero attached hydrogens (tertiary/aromatic N) is 3. The molecule has 1 aliphatic rings. The van der Waals surface area contributed by atoms with Gasteiger partial charge in [0.1, 0.15) is 0 Å². The second kappa shape index (κ2) is 4.15. The van der Waals surface area contributed by atoms with Crippen LogP contribution in [0.3, 0.4) is 0 Å². The Balaban J connectivity index is 2.31. The van der Waals surface area contributed by atoms with Crippen molar-refractivity contribution in [1.29, 1.82) is 0 Å². The topological polar surface area (TPSA) is 67.2 Å². The van der Waals surface area contributed by atoms with Crippen molar-refractivity contribution in [2.45, 2.75) is 18.0 Å². The van der Waals surface area contributed by atoms with Crippen LogP contribution in [0, 0.1) is 0 Å². The van der Waals surface area contributed by atoms with Crippen molar-refractivity contribution >= 4 is 10.0 Å². The van der Waals surface area contributed by atoms with Gasteiger partial charge in [0.25, 0.3) is 10.0 Å². The molecule has 0 unspecified atom stereocenters. The molecule has 2 heterocycles. The number of sulfonamides is 1. The van der Waals surface area contributed by atoms with Gasteiger partial charge in [-0.25, -0.2) is 13.4 Å². The van der Waals surface area contributed by atoms with E-state index in [2.05, 4.69) is 10.3 Å². The number of hydrogen-bond acceptors (Lipinski definition) is 4. The maximum atomic E-state index is 12.2. The van der Waals surface area contributed by atoms with Crippen molar-refractivity contribution in [2.24, 2.45) is 7.05 Å². The lowest BCUT2D eigenvalue weighted by Crippen LogP contribution is -2.52. The van der Waals surface area contributed by atoms with Crippen LogP contribution in [-0.2, 0) is 17.1 Å². The molecule has 0 bridgehead atoms. The Kier molecular flexibility index (Phi) is 3.00. The van der Waals surface area contributed by atoms with Gasteiger partial charge in [-0.05, 0) is 6.92 Å². The van der Waals surface area contributed by atoms with Crippen LogP contribution in [0.2, 0.25) is 0 Å². The SMILES string of the molecule is C[C@@H]1CNCCN1S(=O)(=O)c1cn(C)cn1. The standard InChI is InChI=1S/C9H16N4O2S/c1-8-5-10-3-4-13(8)16(14,15)9-6-12(2)7-11-9/h6-8,10H,3-5H2,1-2H3/t8-/m1/s1. The molecular weight excluding hydrogens is 228 g/mol. The van der Waals surface area contributed by atoms with Crippen molar-refractivity contribution in [3.63, 3.8) is 0 Å². The molecule has 1 aromatic heterocycles. The van der Waals surface area contributed by atoms with Gasteiger partial charge >= 0.3 is 0 Å². The molecule has 1 N–H and O–H groups in total. The minimum absolute atomic E-state index is 0.0271. The van der Waals surface area contributed by atoms with Crippen molar-refractivity contribution in [2.75, 3.05) is 19.6 Å². The van der Waals surface area contributed by atoms with Crippen LogP contribution in [0.25, 0.3) is 0 Å². The number of aromatic nitrogens is 2. The Morgan fingerprint density at radius 1 is 1.56 bits per heavy atom. The van der Waals surface area contributed by atoms with E-state index in [9.17, 15) is 8.42 Å². The van der Waals surface area contributed by atoms with E-state index in [1.54, 1.807) is 11.6 Å². The second-order valence-corrected chi connectivity index (χ2v) is 5.88. The molecule has 1 fully saturated rings. The minimum Gasteiger partial charge on any atom is -0.339 e. The molecular formula is C9H16N4O2S. The zero-order valence-electron chi connectivity index (χ0n) is 9.42. The molecule has 0 aliphatic carbocycles. The molecule has 6 nitrogen and oxygen atoms in total. The fourth-order valence-corrected chi connectivity index (χ4v) is 3.42. The van der Waals surface area contributed by atoms with Gasteiger partial charge in [0.05, 0.1) is 6.33 Å². The molecule has 90 valence electrons. The summed E-state index contributed by atoms with van der Waals surface area (Å²) >= 11 is 0. The summed E-state index contributed by atoms with van der Waals surface area (Å²) < 4.78 is 27.6. The maximum absolute atomic E-state index is 12.2. The van der Waals surface area contributed by atoms with Gasteiger partial charge in [-0.15, -0.1) is 0 Å². The summed E-state index contributed by atoms with van der Waals surface area (Å²) in [5.41, 5.74) is 0. The predicted octanol–water partition coefficient (Wildman–Crippen LogP) is -0.597. The molecule has 1 atom stereocenters. The fraction of sp³-hybridized carbons (Fsp3) is 0.667. The van der Waals surface area contributed by atoms with E-state index in [0.717, 1.165) is 0 Å². The summed E-state index contributed by atoms with van der Waals surface area (Å²) in [5.74, 6) is 0. The van der Waals surface area contributed by atoms with Crippen LogP contribution in [0.1, 0.15) is 6.92 Å². The average Bonchev–Trinajstić information content (AvgIpc) is 2.66. The number of imidazole rings is 1. The maximum Gasteiger partial charge on any atom is 0.262 e. The van der Waals surface area contributed by atoms with Gasteiger partial charge in [-0.1, -0.05) is 0 Å². The van der Waals surface area contributed by atoms with Crippen LogP contribution in [0.15, 0.2) is 17.6 Å². The molecule has 16 heavy (non-hydrogen) atoms. The van der Waals surface area contributed by atoms with Crippen LogP contribution >= 0.6 is 0 Å². The summed E-state index contributed by atoms with van der Waals surface area (Å²) in [7, 11) is -1.67. The van der Waals surface area contributed by atoms with Crippen molar-refractivity contribution in [3.05, 3.63) is 12.5 Å². The minimum atomic E-state index is -3.43. The van der Waals surface area contributed by atoms with E-state index in [-0.39, 0.29) is 11.1 Å². The molecule has 0 spiro atoms. The normalized spacial score (nSPS) is 23.5. The molecule has 2 rings (SSSR count). The Morgan fingerprint density at radius 3 is 2.88 bits per heavy atom. The van der Waals surface area contributed by atoms with Gasteiger partial charge in [-0.3, -0.25) is 0 Å². The van der Waals surface area contributed by atoms with Gasteiger partial charge in [0.15, 0.2) is 5.03 Å². The first-order valence-electron chi connectivity index (χ1n) is 5.22. The van der Waals surface area contributed by atoms with E-state index in [0.29, 0.717) is 19.6 Å². The molecule has 0 amide bonds. The third-order valence-electron chi connectivity index (χ3n) is 2.69. The Hall–Kier alpha value is -0.920. The van der Waals surface area contributed by atoms with Crippen molar-refractivity contribution in [3.8, 4) is 0 Å². The number of hydrogen-bond donors (Lipinski definition) is 1. The highest BCUT2D eigenvalue weighted by Crippen LogP contribution is 2.16. The average molecular weight is 244 g/mol. The zero-order chi connectivity index (χ0) is 11.8. The second-order valence-electron chi connectivity index (χ2n) is 4.05. The highest BCUT2D eigenvalue weighted by atomic mass is 32.2. The molecule has 0 aromatic carbocycles. The molecule has 7 heteroatoms. The molecule has 1 saturated heterocycles. The quantitative estimate of drug-likeness (QED) is 0.754. The van der Waals surface area contributed by atoms with Gasteiger partial charge in [-0.2, -0.15) is 4.31 Å². The predicted molar refractivity (Wildman–Crippen MR) is 59.4 cm³/mol. The monoisotopic (exact) mass is 244 g/mol. The number of aryl methyl sites for hydroxylation is 1. The summed E-state index contributed by atoms with van der Waals surface area (Å²) in [6.45, 7) is 3.77. The molecule has 0 saturated carbocycles. The summed E-state index contributed by atoms with van der Waals surface area (Å²) in [4.78, 5) is 3.91. The molecule has 1 aromatic rings. The lowest BCUT2D eigenvalue weighted by Gasteiger charge is -2.32. The summed E-state index contributed by atoms with van der Waals surface area (Å²) in [5, 5.41) is 3.29. The third-order valence-corrected chi connectivity index (χ3v) is 4.59. The first-order valence-corrected chi connectivity index (χ1v) is 6.66. The smallest absolute Gasteiger partial charge is 0.262 e. The number of rotatable bonds is 2. The molecule has 1 aliphatic heterocycles. The highest BCUT2D eigenvalue weighted by Gasteiger charge is 2.32. The van der Waals surface area contributed by atoms with Crippen molar-refractivity contribution in [1.82, 2.24) is 19.2 Å². The third kappa shape index (κ3) is 1.98. The Labute approximate surface area is 95.3 Å². The lowest BCUT2D eigenvalue weighted by molar-refractivity contribution is 0.283. The Morgan fingerprint density at radius 2 is 2.31 bits per heavy atom. The van der Waals surface area contributed by atoms with Gasteiger partial charge < -0.3 is 9.88 Å². The summed E-state index contributed by atoms with van der Waals surface area (Å²) in [6, 6.07) is -0.0271. The van der Waals surface area contributed by atoms with Gasteiger partial charge in [0.2, 0.25) is 0 Å². The summed E-state index contributed by atoms with van der Waals surface area (Å²) in [6.07, 6.45) is 3.03. The number of nitrogens with one attached hydrogen (secondary N) is 1. The number of piperazine rings is 1. The van der Waals surface area contributed by atoms with E-state index in [4.69, 9.17) is 0 Å². The lowest BCUT2D eigenvalue weighted by atomic mass is 10.3. The first kappa shape index (κ1) is 11.6. The van der Waals surface area contributed by atoms with Gasteiger partial charge in [0, 0.05) is 38.9 Å². The molecule has 0 radical (unpaired) electrons. The van der Waals surface area contributed by atoms with Crippen LogP contribution < -0.4 is 5.32 Å². The first-order chi connectivity index (χ1) is 7.51. The van der Waals surface area contributed by atoms with Crippen molar-refractivity contribution < 1.29 is 8.42 Å². The zero-order valence-corrected chi connectivity index (χ0v) is 10.2. The van der Waals surface area contributed by atoms with E-state index in [1.165, 1.54) is 16.8 Å². The van der Waals surface area contributed by atoms with E-state index >= 15 is 0 Å². The largest absolute Gasteiger partial charge is 0.339 e. The Bertz CT molecular complexity index is 468.